The molecule has 0 atom stereocenters. The number of halogens is 2. The van der Waals surface area contributed by atoms with Crippen LogP contribution in [0.2, 0.25) is 0 Å². The van der Waals surface area contributed by atoms with Crippen LogP contribution in [-0.4, -0.2) is 14.9 Å². The first-order chi connectivity index (χ1) is 7.70. The lowest BCUT2D eigenvalue weighted by atomic mass is 10.1. The van der Waals surface area contributed by atoms with E-state index in [9.17, 15) is 8.78 Å². The Balaban J connectivity index is 2.38. The summed E-state index contributed by atoms with van der Waals surface area (Å²) in [6, 6.07) is 5.02. The fraction of sp³-hybridized carbons (Fsp3) is 0.182. The Morgan fingerprint density at radius 3 is 2.88 bits per heavy atom. The molecule has 1 aromatic carbocycles. The quantitative estimate of drug-likeness (QED) is 0.818. The van der Waals surface area contributed by atoms with Gasteiger partial charge in [-0.05, 0) is 36.2 Å². The van der Waals surface area contributed by atoms with Crippen molar-refractivity contribution < 1.29 is 8.78 Å². The van der Waals surface area contributed by atoms with Crippen molar-refractivity contribution in [3.8, 4) is 11.3 Å². The molecule has 0 unspecified atom stereocenters. The second-order valence-electron chi connectivity index (χ2n) is 3.15. The number of rotatable bonds is 3. The summed E-state index contributed by atoms with van der Waals surface area (Å²) in [7, 11) is 0. The molecule has 0 aliphatic heterocycles. The highest BCUT2D eigenvalue weighted by atomic mass is 32.2. The normalized spacial score (nSPS) is 10.7. The van der Waals surface area contributed by atoms with E-state index < -0.39 is 11.6 Å². The fourth-order valence-electron chi connectivity index (χ4n) is 1.35. The zero-order chi connectivity index (χ0) is 11.5. The summed E-state index contributed by atoms with van der Waals surface area (Å²) in [5.74, 6) is -0.0607. The highest BCUT2D eigenvalue weighted by Gasteiger charge is 2.09. The molecule has 0 N–H and O–H groups in total. The molecule has 0 saturated heterocycles. The van der Waals surface area contributed by atoms with Crippen LogP contribution in [0.15, 0.2) is 30.5 Å². The van der Waals surface area contributed by atoms with Crippen LogP contribution in [0.25, 0.3) is 11.3 Å². The van der Waals surface area contributed by atoms with Crippen LogP contribution < -0.4 is 0 Å². The summed E-state index contributed by atoms with van der Waals surface area (Å²) in [4.78, 5) is 0. The highest BCUT2D eigenvalue weighted by molar-refractivity contribution is 7.97. The Kier molecular flexibility index (Phi) is 3.24. The summed E-state index contributed by atoms with van der Waals surface area (Å²) in [5.41, 5.74) is 0.633. The van der Waals surface area contributed by atoms with E-state index in [0.717, 1.165) is 24.0 Å². The van der Waals surface area contributed by atoms with Crippen molar-refractivity contribution in [2.24, 2.45) is 0 Å². The molecule has 1 aromatic heterocycles. The van der Waals surface area contributed by atoms with Crippen molar-refractivity contribution in [1.82, 2.24) is 9.19 Å². The largest absolute Gasteiger partial charge is 0.214 e. The first-order valence-corrected chi connectivity index (χ1v) is 5.79. The Morgan fingerprint density at radius 2 is 2.12 bits per heavy atom. The molecule has 5 heteroatoms. The van der Waals surface area contributed by atoms with E-state index in [-0.39, 0.29) is 5.56 Å². The van der Waals surface area contributed by atoms with Crippen LogP contribution in [0.4, 0.5) is 8.78 Å². The van der Waals surface area contributed by atoms with Gasteiger partial charge in [0.15, 0.2) is 0 Å². The lowest BCUT2D eigenvalue weighted by Crippen LogP contribution is -1.90. The average Bonchev–Trinajstić information content (AvgIpc) is 2.71. The van der Waals surface area contributed by atoms with Crippen molar-refractivity contribution in [3.05, 3.63) is 42.1 Å². The third-order valence-corrected chi connectivity index (χ3v) is 2.76. The monoisotopic (exact) mass is 240 g/mol. The highest BCUT2D eigenvalue weighted by Crippen LogP contribution is 2.22. The summed E-state index contributed by atoms with van der Waals surface area (Å²) >= 11 is 1.49. The lowest BCUT2D eigenvalue weighted by molar-refractivity contribution is 0.602. The van der Waals surface area contributed by atoms with Crippen LogP contribution in [-0.2, 0) is 0 Å². The Morgan fingerprint density at radius 1 is 1.31 bits per heavy atom. The summed E-state index contributed by atoms with van der Waals surface area (Å²) in [5, 5.41) is 4.15. The third-order valence-electron chi connectivity index (χ3n) is 2.03. The molecular formula is C11H10F2N2S. The predicted octanol–water partition coefficient (Wildman–Crippen LogP) is 3.34. The van der Waals surface area contributed by atoms with Crippen LogP contribution in [0.1, 0.15) is 6.92 Å². The van der Waals surface area contributed by atoms with Crippen LogP contribution in [0, 0.1) is 11.6 Å². The Hall–Kier alpha value is -1.36. The van der Waals surface area contributed by atoms with Gasteiger partial charge in [0.1, 0.15) is 11.6 Å². The fourth-order valence-corrected chi connectivity index (χ4v) is 1.91. The van der Waals surface area contributed by atoms with Crippen molar-refractivity contribution in [2.45, 2.75) is 6.92 Å². The summed E-state index contributed by atoms with van der Waals surface area (Å²) < 4.78 is 28.0. The van der Waals surface area contributed by atoms with E-state index in [1.165, 1.54) is 11.9 Å². The zero-order valence-corrected chi connectivity index (χ0v) is 9.47. The van der Waals surface area contributed by atoms with E-state index >= 15 is 0 Å². The number of benzene rings is 1. The predicted molar refractivity (Wildman–Crippen MR) is 61.1 cm³/mol. The molecule has 84 valence electrons. The van der Waals surface area contributed by atoms with Crippen LogP contribution >= 0.6 is 11.9 Å². The number of nitrogens with zero attached hydrogens (tertiary/aromatic N) is 2. The molecule has 2 nitrogen and oxygen atoms in total. The van der Waals surface area contributed by atoms with Crippen molar-refractivity contribution in [3.63, 3.8) is 0 Å². The minimum Gasteiger partial charge on any atom is -0.214 e. The van der Waals surface area contributed by atoms with E-state index in [4.69, 9.17) is 0 Å². The number of aromatic nitrogens is 2. The molecule has 16 heavy (non-hydrogen) atoms. The maximum absolute atomic E-state index is 13.4. The molecule has 0 aliphatic carbocycles. The van der Waals surface area contributed by atoms with Crippen LogP contribution in [0.5, 0.6) is 0 Å². The minimum absolute atomic E-state index is 0.190. The SMILES string of the molecule is CCSn1ccc(-c2cc(F)ccc2F)n1. The molecule has 0 fully saturated rings. The first-order valence-electron chi connectivity index (χ1n) is 4.85. The van der Waals surface area contributed by atoms with Gasteiger partial charge in [0, 0.05) is 17.5 Å². The van der Waals surface area contributed by atoms with Gasteiger partial charge < -0.3 is 0 Å². The third kappa shape index (κ3) is 2.24. The maximum atomic E-state index is 13.4. The van der Waals surface area contributed by atoms with E-state index in [2.05, 4.69) is 5.10 Å². The van der Waals surface area contributed by atoms with Gasteiger partial charge in [-0.25, -0.2) is 12.9 Å². The van der Waals surface area contributed by atoms with Gasteiger partial charge in [-0.1, -0.05) is 6.92 Å². The van der Waals surface area contributed by atoms with Gasteiger partial charge in [0.25, 0.3) is 0 Å². The van der Waals surface area contributed by atoms with Crippen molar-refractivity contribution in [2.75, 3.05) is 5.75 Å². The second kappa shape index (κ2) is 4.65. The number of hydrogen-bond acceptors (Lipinski definition) is 2. The van der Waals surface area contributed by atoms with E-state index in [0.29, 0.717) is 5.69 Å². The molecule has 0 amide bonds. The van der Waals surface area contributed by atoms with Gasteiger partial charge in [-0.15, -0.1) is 0 Å². The molecule has 0 saturated carbocycles. The average molecular weight is 240 g/mol. The maximum Gasteiger partial charge on any atom is 0.132 e. The molecule has 0 spiro atoms. The Bertz CT molecular complexity index is 496. The zero-order valence-electron chi connectivity index (χ0n) is 8.65. The molecule has 2 aromatic rings. The van der Waals surface area contributed by atoms with Gasteiger partial charge in [-0.2, -0.15) is 5.10 Å². The van der Waals surface area contributed by atoms with Gasteiger partial charge >= 0.3 is 0 Å². The van der Waals surface area contributed by atoms with Gasteiger partial charge in [-0.3, -0.25) is 0 Å². The van der Waals surface area contributed by atoms with Crippen molar-refractivity contribution in [1.29, 1.82) is 0 Å². The minimum atomic E-state index is -0.465. The molecule has 0 bridgehead atoms. The van der Waals surface area contributed by atoms with E-state index in [1.807, 2.05) is 6.92 Å². The molecule has 1 heterocycles. The van der Waals surface area contributed by atoms with E-state index in [1.54, 1.807) is 16.4 Å². The topological polar surface area (TPSA) is 17.8 Å². The summed E-state index contributed by atoms with van der Waals surface area (Å²) in [6.07, 6.45) is 1.73. The first kappa shape index (κ1) is 11.1. The van der Waals surface area contributed by atoms with Crippen LogP contribution in [0.3, 0.4) is 0 Å². The molecular weight excluding hydrogens is 230 g/mol. The Labute approximate surface area is 96.4 Å². The van der Waals surface area contributed by atoms with Crippen molar-refractivity contribution >= 4 is 11.9 Å². The van der Waals surface area contributed by atoms with Gasteiger partial charge in [0.05, 0.1) is 5.69 Å². The molecule has 2 rings (SSSR count). The second-order valence-corrected chi connectivity index (χ2v) is 4.36. The molecule has 0 radical (unpaired) electrons. The lowest BCUT2D eigenvalue weighted by Gasteiger charge is -1.99. The van der Waals surface area contributed by atoms with Gasteiger partial charge in [0.2, 0.25) is 0 Å². The smallest absolute Gasteiger partial charge is 0.132 e. The summed E-state index contributed by atoms with van der Waals surface area (Å²) in [6.45, 7) is 1.99. The molecule has 0 aliphatic rings. The standard InChI is InChI=1S/C11H10F2N2S/c1-2-16-15-6-5-11(14-15)9-7-8(12)3-4-10(9)13/h3-7H,2H2,1H3. The number of hydrogen-bond donors (Lipinski definition) is 0.